The fourth-order valence-corrected chi connectivity index (χ4v) is 2.66. The van der Waals surface area contributed by atoms with Gasteiger partial charge in [-0.05, 0) is 36.9 Å². The Hall–Kier alpha value is -0.980. The summed E-state index contributed by atoms with van der Waals surface area (Å²) in [5, 5.41) is 14.0. The Balaban J connectivity index is 1.83. The van der Waals surface area contributed by atoms with Crippen molar-refractivity contribution < 1.29 is 9.66 Å². The second-order valence-corrected chi connectivity index (χ2v) is 5.57. The van der Waals surface area contributed by atoms with E-state index in [0.717, 1.165) is 49.2 Å². The van der Waals surface area contributed by atoms with Crippen LogP contribution in [0.4, 0.5) is 5.69 Å². The number of hydrogen-bond acceptors (Lipinski definition) is 4. The number of rotatable bonds is 5. The van der Waals surface area contributed by atoms with Crippen LogP contribution in [0, 0.1) is 16.0 Å². The molecule has 0 spiro atoms. The molecule has 0 aliphatic carbocycles. The molecule has 1 aromatic rings. The van der Waals surface area contributed by atoms with E-state index in [0.29, 0.717) is 5.92 Å². The topological polar surface area (TPSA) is 64.4 Å². The van der Waals surface area contributed by atoms with Crippen LogP contribution in [0.15, 0.2) is 22.7 Å². The molecule has 1 N–H and O–H groups in total. The highest BCUT2D eigenvalue weighted by molar-refractivity contribution is 9.10. The van der Waals surface area contributed by atoms with Gasteiger partial charge in [0, 0.05) is 36.4 Å². The first-order valence-electron chi connectivity index (χ1n) is 6.38. The highest BCUT2D eigenvalue weighted by Crippen LogP contribution is 2.23. The van der Waals surface area contributed by atoms with E-state index < -0.39 is 0 Å². The number of halogens is 1. The molecule has 0 radical (unpaired) electrons. The molecule has 5 nitrogen and oxygen atoms in total. The number of non-ortho nitro benzene ring substituents is 1. The van der Waals surface area contributed by atoms with Crippen molar-refractivity contribution in [3.63, 3.8) is 0 Å². The van der Waals surface area contributed by atoms with Gasteiger partial charge in [0.25, 0.3) is 5.69 Å². The molecule has 0 amide bonds. The standard InChI is InChI=1S/C13H17BrN2O3/c14-13-7-12(16(17)18)2-1-11(13)9-15-8-10-3-5-19-6-4-10/h1-2,7,10,15H,3-6,8-9H2. The van der Waals surface area contributed by atoms with Gasteiger partial charge in [-0.15, -0.1) is 0 Å². The van der Waals surface area contributed by atoms with Crippen LogP contribution in [0.2, 0.25) is 0 Å². The van der Waals surface area contributed by atoms with Crippen molar-refractivity contribution in [3.8, 4) is 0 Å². The predicted molar refractivity (Wildman–Crippen MR) is 76.0 cm³/mol. The van der Waals surface area contributed by atoms with Crippen LogP contribution in [0.3, 0.4) is 0 Å². The summed E-state index contributed by atoms with van der Waals surface area (Å²) in [6, 6.07) is 4.88. The maximum Gasteiger partial charge on any atom is 0.270 e. The van der Waals surface area contributed by atoms with E-state index in [1.54, 1.807) is 12.1 Å². The van der Waals surface area contributed by atoms with Crippen LogP contribution in [0.5, 0.6) is 0 Å². The van der Waals surface area contributed by atoms with Crippen molar-refractivity contribution in [2.24, 2.45) is 5.92 Å². The van der Waals surface area contributed by atoms with E-state index in [1.807, 2.05) is 0 Å². The molecule has 1 aliphatic rings. The van der Waals surface area contributed by atoms with Crippen molar-refractivity contribution in [2.45, 2.75) is 19.4 Å². The van der Waals surface area contributed by atoms with E-state index >= 15 is 0 Å². The SMILES string of the molecule is O=[N+]([O-])c1ccc(CNCC2CCOCC2)c(Br)c1. The number of hydrogen-bond donors (Lipinski definition) is 1. The highest BCUT2D eigenvalue weighted by atomic mass is 79.9. The Bertz CT molecular complexity index is 448. The molecule has 1 aromatic carbocycles. The minimum Gasteiger partial charge on any atom is -0.381 e. The van der Waals surface area contributed by atoms with Gasteiger partial charge >= 0.3 is 0 Å². The van der Waals surface area contributed by atoms with Gasteiger partial charge in [0.15, 0.2) is 0 Å². The summed E-state index contributed by atoms with van der Waals surface area (Å²) in [5.41, 5.74) is 1.15. The zero-order valence-corrected chi connectivity index (χ0v) is 12.2. The first-order valence-corrected chi connectivity index (χ1v) is 7.17. The van der Waals surface area contributed by atoms with Gasteiger partial charge in [0.05, 0.1) is 4.92 Å². The van der Waals surface area contributed by atoms with Crippen molar-refractivity contribution in [2.75, 3.05) is 19.8 Å². The number of ether oxygens (including phenoxy) is 1. The lowest BCUT2D eigenvalue weighted by atomic mass is 10.0. The molecule has 1 fully saturated rings. The number of nitro benzene ring substituents is 1. The third kappa shape index (κ3) is 4.26. The molecular formula is C13H17BrN2O3. The van der Waals surface area contributed by atoms with Crippen LogP contribution >= 0.6 is 15.9 Å². The van der Waals surface area contributed by atoms with Gasteiger partial charge in [0.1, 0.15) is 0 Å². The second-order valence-electron chi connectivity index (χ2n) is 4.72. The molecule has 0 atom stereocenters. The number of nitrogens with one attached hydrogen (secondary N) is 1. The number of nitrogens with zero attached hydrogens (tertiary/aromatic N) is 1. The van der Waals surface area contributed by atoms with Gasteiger partial charge < -0.3 is 10.1 Å². The largest absolute Gasteiger partial charge is 0.381 e. The molecule has 19 heavy (non-hydrogen) atoms. The molecule has 0 aromatic heterocycles. The lowest BCUT2D eigenvalue weighted by Gasteiger charge is -2.22. The number of nitro groups is 1. The molecule has 0 bridgehead atoms. The van der Waals surface area contributed by atoms with E-state index in [4.69, 9.17) is 4.74 Å². The van der Waals surface area contributed by atoms with Gasteiger partial charge in [-0.3, -0.25) is 10.1 Å². The fourth-order valence-electron chi connectivity index (χ4n) is 2.15. The van der Waals surface area contributed by atoms with Crippen LogP contribution < -0.4 is 5.32 Å². The summed E-state index contributed by atoms with van der Waals surface area (Å²) in [6.45, 7) is 3.39. The lowest BCUT2D eigenvalue weighted by molar-refractivity contribution is -0.384. The summed E-state index contributed by atoms with van der Waals surface area (Å²) < 4.78 is 6.10. The minimum atomic E-state index is -0.385. The third-order valence-electron chi connectivity index (χ3n) is 3.34. The minimum absolute atomic E-state index is 0.111. The molecule has 104 valence electrons. The van der Waals surface area contributed by atoms with E-state index in [1.165, 1.54) is 6.07 Å². The van der Waals surface area contributed by atoms with Crippen LogP contribution in [-0.4, -0.2) is 24.7 Å². The van der Waals surface area contributed by atoms with Crippen LogP contribution in [0.25, 0.3) is 0 Å². The fraction of sp³-hybridized carbons (Fsp3) is 0.538. The van der Waals surface area contributed by atoms with Crippen LogP contribution in [-0.2, 0) is 11.3 Å². The molecule has 1 saturated heterocycles. The van der Waals surface area contributed by atoms with Gasteiger partial charge in [-0.2, -0.15) is 0 Å². The van der Waals surface area contributed by atoms with E-state index in [2.05, 4.69) is 21.2 Å². The average Bonchev–Trinajstić information content (AvgIpc) is 2.41. The Morgan fingerprint density at radius 1 is 1.42 bits per heavy atom. The van der Waals surface area contributed by atoms with E-state index in [-0.39, 0.29) is 10.6 Å². The zero-order chi connectivity index (χ0) is 13.7. The second kappa shape index (κ2) is 6.98. The maximum absolute atomic E-state index is 10.6. The Morgan fingerprint density at radius 2 is 2.16 bits per heavy atom. The third-order valence-corrected chi connectivity index (χ3v) is 4.08. The average molecular weight is 329 g/mol. The predicted octanol–water partition coefficient (Wildman–Crippen LogP) is 2.87. The quantitative estimate of drug-likeness (QED) is 0.666. The van der Waals surface area contributed by atoms with Crippen molar-refractivity contribution in [1.82, 2.24) is 5.32 Å². The first-order chi connectivity index (χ1) is 9.16. The van der Waals surface area contributed by atoms with Crippen molar-refractivity contribution >= 4 is 21.6 Å². The van der Waals surface area contributed by atoms with E-state index in [9.17, 15) is 10.1 Å². The lowest BCUT2D eigenvalue weighted by Crippen LogP contribution is -2.27. The molecule has 1 heterocycles. The monoisotopic (exact) mass is 328 g/mol. The Morgan fingerprint density at radius 3 is 2.79 bits per heavy atom. The molecule has 6 heteroatoms. The normalized spacial score (nSPS) is 16.5. The molecule has 1 aliphatic heterocycles. The van der Waals surface area contributed by atoms with Crippen LogP contribution in [0.1, 0.15) is 18.4 Å². The molecular weight excluding hydrogens is 312 g/mol. The van der Waals surface area contributed by atoms with Gasteiger partial charge in [-0.1, -0.05) is 15.9 Å². The molecule has 2 rings (SSSR count). The Kier molecular flexibility index (Phi) is 5.30. The Labute approximate surface area is 120 Å². The molecule has 0 unspecified atom stereocenters. The summed E-state index contributed by atoms with van der Waals surface area (Å²) in [5.74, 6) is 0.672. The zero-order valence-electron chi connectivity index (χ0n) is 10.6. The summed E-state index contributed by atoms with van der Waals surface area (Å²) in [6.07, 6.45) is 2.21. The first kappa shape index (κ1) is 14.4. The maximum atomic E-state index is 10.6. The van der Waals surface area contributed by atoms with Crippen molar-refractivity contribution in [1.29, 1.82) is 0 Å². The summed E-state index contributed by atoms with van der Waals surface area (Å²) >= 11 is 3.38. The van der Waals surface area contributed by atoms with Gasteiger partial charge in [0.2, 0.25) is 0 Å². The van der Waals surface area contributed by atoms with Crippen molar-refractivity contribution in [3.05, 3.63) is 38.3 Å². The highest BCUT2D eigenvalue weighted by Gasteiger charge is 2.13. The number of benzene rings is 1. The van der Waals surface area contributed by atoms with Gasteiger partial charge in [-0.25, -0.2) is 0 Å². The summed E-state index contributed by atoms with van der Waals surface area (Å²) in [7, 11) is 0. The summed E-state index contributed by atoms with van der Waals surface area (Å²) in [4.78, 5) is 10.3. The smallest absolute Gasteiger partial charge is 0.270 e. The molecule has 0 saturated carbocycles.